The van der Waals surface area contributed by atoms with Crippen molar-refractivity contribution in [3.63, 3.8) is 0 Å². The van der Waals surface area contributed by atoms with Crippen molar-refractivity contribution in [3.8, 4) is 22.5 Å². The van der Waals surface area contributed by atoms with Crippen LogP contribution in [-0.4, -0.2) is 22.7 Å². The minimum Gasteiger partial charge on any atom is -0.384 e. The minimum absolute atomic E-state index is 0.0457. The second-order valence-electron chi connectivity index (χ2n) is 7.34. The highest BCUT2D eigenvalue weighted by atomic mass is 16.5. The van der Waals surface area contributed by atoms with Gasteiger partial charge < -0.3 is 14.9 Å². The first-order chi connectivity index (χ1) is 14.5. The summed E-state index contributed by atoms with van der Waals surface area (Å²) in [6.45, 7) is 1.72. The van der Waals surface area contributed by atoms with Gasteiger partial charge in [-0.05, 0) is 23.6 Å². The maximum absolute atomic E-state index is 12.5. The van der Waals surface area contributed by atoms with Gasteiger partial charge in [-0.3, -0.25) is 4.79 Å². The molecule has 1 amide bonds. The van der Waals surface area contributed by atoms with Crippen molar-refractivity contribution in [1.29, 1.82) is 0 Å². The van der Waals surface area contributed by atoms with E-state index in [2.05, 4.69) is 10.5 Å². The summed E-state index contributed by atoms with van der Waals surface area (Å²) >= 11 is 0. The molecule has 150 valence electrons. The summed E-state index contributed by atoms with van der Waals surface area (Å²) in [6, 6.07) is 28.7. The predicted molar refractivity (Wildman–Crippen MR) is 116 cm³/mol. The van der Waals surface area contributed by atoms with Crippen molar-refractivity contribution < 1.29 is 14.4 Å². The highest BCUT2D eigenvalue weighted by Crippen LogP contribution is 2.25. The van der Waals surface area contributed by atoms with Crippen LogP contribution in [0, 0.1) is 0 Å². The number of nitrogens with one attached hydrogen (secondary N) is 1. The molecule has 30 heavy (non-hydrogen) atoms. The maximum Gasteiger partial charge on any atom is 0.273 e. The van der Waals surface area contributed by atoms with Crippen LogP contribution in [-0.2, 0) is 5.60 Å². The number of benzene rings is 3. The van der Waals surface area contributed by atoms with E-state index >= 15 is 0 Å². The van der Waals surface area contributed by atoms with Gasteiger partial charge in [0.1, 0.15) is 5.60 Å². The number of hydrogen-bond donors (Lipinski definition) is 2. The Bertz CT molecular complexity index is 1120. The molecule has 0 bridgehead atoms. The number of aromatic nitrogens is 1. The molecule has 1 aromatic heterocycles. The molecule has 1 unspecified atom stereocenters. The maximum atomic E-state index is 12.5. The second kappa shape index (κ2) is 8.35. The van der Waals surface area contributed by atoms with Gasteiger partial charge in [-0.2, -0.15) is 0 Å². The van der Waals surface area contributed by atoms with E-state index in [1.807, 2.05) is 84.9 Å². The fourth-order valence-corrected chi connectivity index (χ4v) is 3.22. The van der Waals surface area contributed by atoms with Crippen LogP contribution < -0.4 is 5.32 Å². The second-order valence-corrected chi connectivity index (χ2v) is 7.34. The van der Waals surface area contributed by atoms with Crippen molar-refractivity contribution in [1.82, 2.24) is 10.5 Å². The molecule has 0 saturated carbocycles. The summed E-state index contributed by atoms with van der Waals surface area (Å²) in [5, 5.41) is 17.4. The Morgan fingerprint density at radius 3 is 2.10 bits per heavy atom. The zero-order chi connectivity index (χ0) is 21.0. The molecule has 0 fully saturated rings. The molecule has 0 radical (unpaired) electrons. The van der Waals surface area contributed by atoms with Gasteiger partial charge in [-0.1, -0.05) is 90.1 Å². The average Bonchev–Trinajstić information content (AvgIpc) is 3.29. The summed E-state index contributed by atoms with van der Waals surface area (Å²) < 4.78 is 5.27. The first-order valence-corrected chi connectivity index (χ1v) is 9.72. The van der Waals surface area contributed by atoms with Crippen molar-refractivity contribution in [3.05, 3.63) is 102 Å². The van der Waals surface area contributed by atoms with E-state index in [4.69, 9.17) is 4.52 Å². The fraction of sp³-hybridized carbons (Fsp3) is 0.120. The van der Waals surface area contributed by atoms with Gasteiger partial charge in [-0.25, -0.2) is 0 Å². The Morgan fingerprint density at radius 1 is 0.900 bits per heavy atom. The van der Waals surface area contributed by atoms with Gasteiger partial charge in [0.25, 0.3) is 5.91 Å². The van der Waals surface area contributed by atoms with Crippen molar-refractivity contribution in [2.75, 3.05) is 6.54 Å². The number of carbonyl (C=O) groups is 1. The third kappa shape index (κ3) is 4.31. The molecule has 2 N–H and O–H groups in total. The van der Waals surface area contributed by atoms with Gasteiger partial charge in [-0.15, -0.1) is 0 Å². The number of carbonyl (C=O) groups excluding carboxylic acids is 1. The summed E-state index contributed by atoms with van der Waals surface area (Å²) in [5.74, 6) is 0.117. The Kier molecular flexibility index (Phi) is 5.46. The molecule has 3 aromatic carbocycles. The first-order valence-electron chi connectivity index (χ1n) is 9.72. The third-order valence-electron chi connectivity index (χ3n) is 5.01. The van der Waals surface area contributed by atoms with Crippen molar-refractivity contribution in [2.24, 2.45) is 0 Å². The topological polar surface area (TPSA) is 75.4 Å². The van der Waals surface area contributed by atoms with Crippen LogP contribution in [0.3, 0.4) is 0 Å². The van der Waals surface area contributed by atoms with Gasteiger partial charge in [0, 0.05) is 11.6 Å². The summed E-state index contributed by atoms with van der Waals surface area (Å²) in [7, 11) is 0. The number of rotatable bonds is 6. The molecule has 0 aliphatic heterocycles. The van der Waals surface area contributed by atoms with E-state index < -0.39 is 11.5 Å². The minimum atomic E-state index is -1.23. The number of nitrogens with zero attached hydrogens (tertiary/aromatic N) is 1. The van der Waals surface area contributed by atoms with Crippen LogP contribution in [0.5, 0.6) is 0 Å². The molecule has 5 nitrogen and oxygen atoms in total. The van der Waals surface area contributed by atoms with E-state index in [0.29, 0.717) is 11.3 Å². The summed E-state index contributed by atoms with van der Waals surface area (Å²) in [5.41, 5.74) is 2.68. The zero-order valence-electron chi connectivity index (χ0n) is 16.6. The number of aliphatic hydroxyl groups is 1. The van der Waals surface area contributed by atoms with Crippen LogP contribution in [0.1, 0.15) is 23.0 Å². The van der Waals surface area contributed by atoms with Crippen molar-refractivity contribution >= 4 is 5.91 Å². The van der Waals surface area contributed by atoms with E-state index in [-0.39, 0.29) is 12.2 Å². The van der Waals surface area contributed by atoms with Crippen LogP contribution in [0.4, 0.5) is 0 Å². The van der Waals surface area contributed by atoms with Gasteiger partial charge in [0.2, 0.25) is 0 Å². The summed E-state index contributed by atoms with van der Waals surface area (Å²) in [6.07, 6.45) is 0. The first kappa shape index (κ1) is 19.6. The van der Waals surface area contributed by atoms with E-state index in [1.165, 1.54) is 0 Å². The van der Waals surface area contributed by atoms with E-state index in [0.717, 1.165) is 16.7 Å². The molecule has 1 heterocycles. The molecule has 4 rings (SSSR count). The van der Waals surface area contributed by atoms with E-state index in [9.17, 15) is 9.90 Å². The van der Waals surface area contributed by atoms with Gasteiger partial charge in [0.15, 0.2) is 11.5 Å². The fourth-order valence-electron chi connectivity index (χ4n) is 3.22. The Balaban J connectivity index is 1.41. The predicted octanol–water partition coefficient (Wildman–Crippen LogP) is 4.65. The molecular weight excluding hydrogens is 376 g/mol. The average molecular weight is 398 g/mol. The zero-order valence-corrected chi connectivity index (χ0v) is 16.6. The number of amides is 1. The Hall–Kier alpha value is -3.70. The van der Waals surface area contributed by atoms with Crippen LogP contribution >= 0.6 is 0 Å². The molecule has 4 aromatic rings. The van der Waals surface area contributed by atoms with Gasteiger partial charge in [0.05, 0.1) is 6.54 Å². The monoisotopic (exact) mass is 398 g/mol. The van der Waals surface area contributed by atoms with Gasteiger partial charge >= 0.3 is 0 Å². The highest BCUT2D eigenvalue weighted by Gasteiger charge is 2.25. The third-order valence-corrected chi connectivity index (χ3v) is 5.01. The molecule has 0 aliphatic carbocycles. The normalized spacial score (nSPS) is 12.9. The Morgan fingerprint density at radius 2 is 1.47 bits per heavy atom. The van der Waals surface area contributed by atoms with E-state index in [1.54, 1.807) is 13.0 Å². The molecule has 0 saturated heterocycles. The smallest absolute Gasteiger partial charge is 0.273 e. The lowest BCUT2D eigenvalue weighted by Gasteiger charge is -2.24. The van der Waals surface area contributed by atoms with Crippen LogP contribution in [0.15, 0.2) is 95.5 Å². The summed E-state index contributed by atoms with van der Waals surface area (Å²) in [4.78, 5) is 12.5. The lowest BCUT2D eigenvalue weighted by molar-refractivity contribution is 0.0524. The molecule has 0 aliphatic rings. The molecular formula is C25H22N2O3. The quantitative estimate of drug-likeness (QED) is 0.496. The lowest BCUT2D eigenvalue weighted by atomic mass is 9.93. The Labute approximate surface area is 175 Å². The standard InChI is InChI=1S/C25H22N2O3/c1-25(29,21-14-12-19(13-15-21)18-8-4-2-5-9-18)17-26-24(28)22-16-23(30-27-22)20-10-6-3-7-11-20/h2-16,29H,17H2,1H3,(H,26,28). The highest BCUT2D eigenvalue weighted by molar-refractivity contribution is 5.93. The van der Waals surface area contributed by atoms with Crippen LogP contribution in [0.25, 0.3) is 22.5 Å². The van der Waals surface area contributed by atoms with Crippen molar-refractivity contribution in [2.45, 2.75) is 12.5 Å². The molecule has 5 heteroatoms. The van der Waals surface area contributed by atoms with Crippen LogP contribution in [0.2, 0.25) is 0 Å². The molecule has 1 atom stereocenters. The SMILES string of the molecule is CC(O)(CNC(=O)c1cc(-c2ccccc2)on1)c1ccc(-c2ccccc2)cc1. The lowest BCUT2D eigenvalue weighted by Crippen LogP contribution is -2.38. The molecule has 0 spiro atoms. The number of hydrogen-bond acceptors (Lipinski definition) is 4. The largest absolute Gasteiger partial charge is 0.384 e.